The molecule has 1 aromatic rings. The molecule has 1 unspecified atom stereocenters. The van der Waals surface area contributed by atoms with E-state index < -0.39 is 18.2 Å². The molecular weight excluding hydrogens is 221 g/mol. The van der Waals surface area contributed by atoms with Crippen LogP contribution >= 0.6 is 0 Å². The number of alkyl halides is 3. The maximum Gasteiger partial charge on any atom is 0.312 e. The van der Waals surface area contributed by atoms with Crippen LogP contribution in [0.3, 0.4) is 0 Å². The Morgan fingerprint density at radius 2 is 1.94 bits per heavy atom. The molecule has 0 heterocycles. The Kier molecular flexibility index (Phi) is 2.38. The van der Waals surface area contributed by atoms with Crippen molar-refractivity contribution in [3.8, 4) is 5.75 Å². The summed E-state index contributed by atoms with van der Waals surface area (Å²) in [4.78, 5) is 0. The van der Waals surface area contributed by atoms with E-state index in [1.165, 1.54) is 19.2 Å². The van der Waals surface area contributed by atoms with Gasteiger partial charge in [-0.15, -0.1) is 0 Å². The second-order valence-corrected chi connectivity index (χ2v) is 3.85. The SMILES string of the molecule is COc1ccc(C)c2c1C(F)C(F)(F)[C@H]2O. The van der Waals surface area contributed by atoms with Gasteiger partial charge in [0.15, 0.2) is 6.17 Å². The van der Waals surface area contributed by atoms with Gasteiger partial charge >= 0.3 is 5.92 Å². The van der Waals surface area contributed by atoms with Crippen LogP contribution in [-0.2, 0) is 0 Å². The van der Waals surface area contributed by atoms with Crippen LogP contribution in [0.1, 0.15) is 29.0 Å². The number of hydrogen-bond donors (Lipinski definition) is 1. The van der Waals surface area contributed by atoms with Crippen LogP contribution < -0.4 is 4.74 Å². The number of benzene rings is 1. The van der Waals surface area contributed by atoms with Gasteiger partial charge in [0.1, 0.15) is 11.9 Å². The van der Waals surface area contributed by atoms with Crippen LogP contribution in [0.5, 0.6) is 5.75 Å². The highest BCUT2D eigenvalue weighted by Gasteiger charge is 2.57. The third-order valence-corrected chi connectivity index (χ3v) is 2.91. The van der Waals surface area contributed by atoms with E-state index in [0.717, 1.165) is 0 Å². The van der Waals surface area contributed by atoms with Crippen LogP contribution in [0.2, 0.25) is 0 Å². The molecule has 0 aromatic heterocycles. The Labute approximate surface area is 90.7 Å². The fraction of sp³-hybridized carbons (Fsp3) is 0.455. The normalized spacial score (nSPS) is 26.6. The minimum Gasteiger partial charge on any atom is -0.496 e. The molecule has 2 atom stereocenters. The van der Waals surface area contributed by atoms with E-state index in [1.807, 2.05) is 0 Å². The van der Waals surface area contributed by atoms with Gasteiger partial charge in [0.05, 0.1) is 7.11 Å². The Hall–Kier alpha value is -1.23. The molecule has 2 nitrogen and oxygen atoms in total. The van der Waals surface area contributed by atoms with E-state index in [1.54, 1.807) is 6.92 Å². The van der Waals surface area contributed by atoms with Crippen LogP contribution in [0.4, 0.5) is 13.2 Å². The van der Waals surface area contributed by atoms with Gasteiger partial charge in [0, 0.05) is 5.56 Å². The predicted molar refractivity (Wildman–Crippen MR) is 51.5 cm³/mol. The van der Waals surface area contributed by atoms with E-state index >= 15 is 0 Å². The lowest BCUT2D eigenvalue weighted by Gasteiger charge is -2.16. The average Bonchev–Trinajstić information content (AvgIpc) is 2.42. The summed E-state index contributed by atoms with van der Waals surface area (Å²) in [5.74, 6) is -3.74. The number of aryl methyl sites for hydroxylation is 1. The summed E-state index contributed by atoms with van der Waals surface area (Å²) in [5.41, 5.74) is 0.139. The fourth-order valence-corrected chi connectivity index (χ4v) is 2.05. The highest BCUT2D eigenvalue weighted by molar-refractivity contribution is 5.52. The van der Waals surface area contributed by atoms with Gasteiger partial charge in [0.25, 0.3) is 0 Å². The maximum absolute atomic E-state index is 13.6. The average molecular weight is 232 g/mol. The number of ether oxygens (including phenoxy) is 1. The zero-order chi connectivity index (χ0) is 12.1. The molecule has 0 saturated heterocycles. The molecule has 16 heavy (non-hydrogen) atoms. The molecular formula is C11H11F3O2. The summed E-state index contributed by atoms with van der Waals surface area (Å²) in [7, 11) is 1.28. The lowest BCUT2D eigenvalue weighted by atomic mass is 10.0. The molecule has 0 fully saturated rings. The first-order chi connectivity index (χ1) is 7.41. The number of methoxy groups -OCH3 is 1. The number of aliphatic hydroxyl groups is 1. The van der Waals surface area contributed by atoms with Gasteiger partial charge in [-0.3, -0.25) is 0 Å². The van der Waals surface area contributed by atoms with Crippen molar-refractivity contribution in [1.29, 1.82) is 0 Å². The summed E-state index contributed by atoms with van der Waals surface area (Å²) in [6.07, 6.45) is -4.63. The van der Waals surface area contributed by atoms with Crippen molar-refractivity contribution < 1.29 is 23.0 Å². The van der Waals surface area contributed by atoms with Crippen molar-refractivity contribution >= 4 is 0 Å². The summed E-state index contributed by atoms with van der Waals surface area (Å²) in [5, 5.41) is 9.43. The molecule has 88 valence electrons. The third kappa shape index (κ3) is 1.24. The molecule has 1 aliphatic rings. The molecule has 1 N–H and O–H groups in total. The van der Waals surface area contributed by atoms with Crippen LogP contribution in [0.15, 0.2) is 12.1 Å². The smallest absolute Gasteiger partial charge is 0.312 e. The number of aliphatic hydroxyl groups excluding tert-OH is 1. The molecule has 0 saturated carbocycles. The second-order valence-electron chi connectivity index (χ2n) is 3.85. The highest BCUT2D eigenvalue weighted by Crippen LogP contribution is 2.55. The Morgan fingerprint density at radius 1 is 1.31 bits per heavy atom. The molecule has 2 rings (SSSR count). The zero-order valence-electron chi connectivity index (χ0n) is 8.80. The third-order valence-electron chi connectivity index (χ3n) is 2.91. The summed E-state index contributed by atoms with van der Waals surface area (Å²) in [6.45, 7) is 1.55. The van der Waals surface area contributed by atoms with Gasteiger partial charge in [-0.05, 0) is 24.1 Å². The monoisotopic (exact) mass is 232 g/mol. The van der Waals surface area contributed by atoms with Crippen LogP contribution in [0, 0.1) is 6.92 Å². The minimum atomic E-state index is -3.79. The minimum absolute atomic E-state index is 0.0457. The van der Waals surface area contributed by atoms with E-state index in [2.05, 4.69) is 0 Å². The topological polar surface area (TPSA) is 29.5 Å². The number of fused-ring (bicyclic) bond motifs is 1. The fourth-order valence-electron chi connectivity index (χ4n) is 2.05. The van der Waals surface area contributed by atoms with Crippen molar-refractivity contribution in [3.05, 3.63) is 28.8 Å². The Bertz CT molecular complexity index is 431. The molecule has 0 bridgehead atoms. The lowest BCUT2D eigenvalue weighted by Crippen LogP contribution is -2.24. The van der Waals surface area contributed by atoms with E-state index in [-0.39, 0.29) is 16.9 Å². The molecule has 0 amide bonds. The largest absolute Gasteiger partial charge is 0.496 e. The second kappa shape index (κ2) is 3.38. The molecule has 1 aliphatic carbocycles. The predicted octanol–water partition coefficient (Wildman–Crippen LogP) is 2.70. The molecule has 1 aromatic carbocycles. The number of hydrogen-bond acceptors (Lipinski definition) is 2. The molecule has 0 radical (unpaired) electrons. The highest BCUT2D eigenvalue weighted by atomic mass is 19.3. The first-order valence-electron chi connectivity index (χ1n) is 4.78. The van der Waals surface area contributed by atoms with Gasteiger partial charge in [-0.1, -0.05) is 6.07 Å². The lowest BCUT2D eigenvalue weighted by molar-refractivity contribution is -0.143. The summed E-state index contributed by atoms with van der Waals surface area (Å²) < 4.78 is 45.1. The van der Waals surface area contributed by atoms with Crippen LogP contribution in [0.25, 0.3) is 0 Å². The van der Waals surface area contributed by atoms with Gasteiger partial charge in [-0.25, -0.2) is 4.39 Å². The van der Waals surface area contributed by atoms with Gasteiger partial charge < -0.3 is 9.84 Å². The zero-order valence-corrected chi connectivity index (χ0v) is 8.80. The van der Waals surface area contributed by atoms with Crippen molar-refractivity contribution in [1.82, 2.24) is 0 Å². The van der Waals surface area contributed by atoms with E-state index in [0.29, 0.717) is 5.56 Å². The number of halogens is 3. The van der Waals surface area contributed by atoms with Gasteiger partial charge in [0.2, 0.25) is 0 Å². The Morgan fingerprint density at radius 3 is 2.50 bits per heavy atom. The maximum atomic E-state index is 13.6. The molecule has 0 spiro atoms. The van der Waals surface area contributed by atoms with Crippen molar-refractivity contribution in [2.45, 2.75) is 25.1 Å². The van der Waals surface area contributed by atoms with E-state index in [9.17, 15) is 18.3 Å². The van der Waals surface area contributed by atoms with Gasteiger partial charge in [-0.2, -0.15) is 8.78 Å². The Balaban J connectivity index is 2.70. The van der Waals surface area contributed by atoms with Crippen molar-refractivity contribution in [2.75, 3.05) is 7.11 Å². The first-order valence-corrected chi connectivity index (χ1v) is 4.78. The van der Waals surface area contributed by atoms with Crippen molar-refractivity contribution in [2.24, 2.45) is 0 Å². The van der Waals surface area contributed by atoms with E-state index in [4.69, 9.17) is 4.74 Å². The molecule has 5 heteroatoms. The summed E-state index contributed by atoms with van der Waals surface area (Å²) >= 11 is 0. The quantitative estimate of drug-likeness (QED) is 0.806. The number of rotatable bonds is 1. The standard InChI is InChI=1S/C11H11F3O2/c1-5-3-4-6(16-2)8-7(5)10(15)11(13,14)9(8)12/h3-4,9-10,15H,1-2H3/t9?,10-/m0/s1. The molecule has 0 aliphatic heterocycles. The van der Waals surface area contributed by atoms with Crippen LogP contribution in [-0.4, -0.2) is 18.1 Å². The summed E-state index contributed by atoms with van der Waals surface area (Å²) in [6, 6.07) is 2.95. The first kappa shape index (κ1) is 11.3. The van der Waals surface area contributed by atoms with Crippen molar-refractivity contribution in [3.63, 3.8) is 0 Å².